The number of nitrogens with two attached hydrogens (primary N) is 2. The number of benzene rings is 3. The molecule has 24 heavy (non-hydrogen) atoms. The largest absolute Gasteiger partial charge is 0.399 e. The van der Waals surface area contributed by atoms with Crippen molar-refractivity contribution in [3.8, 4) is 0 Å². The van der Waals surface area contributed by atoms with Crippen molar-refractivity contribution in [1.29, 1.82) is 0 Å². The first-order chi connectivity index (χ1) is 11.4. The third-order valence-electron chi connectivity index (χ3n) is 4.28. The second kappa shape index (κ2) is 6.62. The van der Waals surface area contributed by atoms with E-state index < -0.39 is 0 Å². The molecular formula is C21H22N2S. The maximum atomic E-state index is 5.88. The maximum absolute atomic E-state index is 5.88. The SMILES string of the molecule is CC(C)(c1ccc(N)cc1)c1cccc(Sc2cccc(N)c2)c1. The summed E-state index contributed by atoms with van der Waals surface area (Å²) in [6.45, 7) is 4.48. The third-order valence-corrected chi connectivity index (χ3v) is 5.26. The van der Waals surface area contributed by atoms with Gasteiger partial charge >= 0.3 is 0 Å². The first-order valence-corrected chi connectivity index (χ1v) is 8.77. The predicted molar refractivity (Wildman–Crippen MR) is 104 cm³/mol. The van der Waals surface area contributed by atoms with Crippen molar-refractivity contribution in [1.82, 2.24) is 0 Å². The molecule has 2 nitrogen and oxygen atoms in total. The van der Waals surface area contributed by atoms with Crippen molar-refractivity contribution in [3.63, 3.8) is 0 Å². The zero-order valence-electron chi connectivity index (χ0n) is 14.0. The molecular weight excluding hydrogens is 312 g/mol. The van der Waals surface area contributed by atoms with Gasteiger partial charge in [-0.15, -0.1) is 0 Å². The molecule has 3 rings (SSSR count). The summed E-state index contributed by atoms with van der Waals surface area (Å²) >= 11 is 1.73. The van der Waals surface area contributed by atoms with Crippen LogP contribution in [-0.4, -0.2) is 0 Å². The summed E-state index contributed by atoms with van der Waals surface area (Å²) < 4.78 is 0. The number of hydrogen-bond donors (Lipinski definition) is 2. The highest BCUT2D eigenvalue weighted by molar-refractivity contribution is 7.99. The van der Waals surface area contributed by atoms with Gasteiger partial charge in [-0.1, -0.05) is 55.9 Å². The van der Waals surface area contributed by atoms with Gasteiger partial charge in [0.05, 0.1) is 0 Å². The van der Waals surface area contributed by atoms with E-state index in [0.717, 1.165) is 16.3 Å². The highest BCUT2D eigenvalue weighted by Crippen LogP contribution is 2.36. The van der Waals surface area contributed by atoms with E-state index in [4.69, 9.17) is 11.5 Å². The summed E-state index contributed by atoms with van der Waals surface area (Å²) in [6, 6.07) is 24.8. The number of anilines is 2. The normalized spacial score (nSPS) is 11.4. The van der Waals surface area contributed by atoms with Crippen molar-refractivity contribution < 1.29 is 0 Å². The fourth-order valence-corrected chi connectivity index (χ4v) is 3.68. The van der Waals surface area contributed by atoms with Crippen molar-refractivity contribution in [3.05, 3.63) is 83.9 Å². The van der Waals surface area contributed by atoms with Crippen LogP contribution in [0.3, 0.4) is 0 Å². The molecule has 0 aliphatic rings. The molecule has 0 unspecified atom stereocenters. The Morgan fingerprint density at radius 2 is 1.29 bits per heavy atom. The minimum atomic E-state index is -0.0833. The van der Waals surface area contributed by atoms with Crippen LogP contribution >= 0.6 is 11.8 Å². The van der Waals surface area contributed by atoms with E-state index in [-0.39, 0.29) is 5.41 Å². The summed E-state index contributed by atoms with van der Waals surface area (Å²) in [6.07, 6.45) is 0. The molecule has 0 saturated carbocycles. The van der Waals surface area contributed by atoms with Gasteiger partial charge in [0.1, 0.15) is 0 Å². The Morgan fingerprint density at radius 1 is 0.667 bits per heavy atom. The molecule has 0 aromatic heterocycles. The van der Waals surface area contributed by atoms with Crippen LogP contribution in [0.25, 0.3) is 0 Å². The van der Waals surface area contributed by atoms with Crippen LogP contribution < -0.4 is 11.5 Å². The maximum Gasteiger partial charge on any atom is 0.0325 e. The summed E-state index contributed by atoms with van der Waals surface area (Å²) in [5.41, 5.74) is 15.7. The van der Waals surface area contributed by atoms with Gasteiger partial charge in [0.15, 0.2) is 0 Å². The molecule has 0 fully saturated rings. The standard InChI is InChI=1S/C21H22N2S/c1-21(2,15-9-11-17(22)12-10-15)16-5-3-7-19(13-16)24-20-8-4-6-18(23)14-20/h3-14H,22-23H2,1-2H3. The number of nitrogen functional groups attached to an aromatic ring is 2. The fraction of sp³-hybridized carbons (Fsp3) is 0.143. The van der Waals surface area contributed by atoms with Crippen LogP contribution in [0.2, 0.25) is 0 Å². The van der Waals surface area contributed by atoms with Gasteiger partial charge in [-0.25, -0.2) is 0 Å². The lowest BCUT2D eigenvalue weighted by atomic mass is 9.78. The Hall–Kier alpha value is -2.39. The van der Waals surface area contributed by atoms with Crippen LogP contribution in [-0.2, 0) is 5.41 Å². The van der Waals surface area contributed by atoms with Gasteiger partial charge in [-0.3, -0.25) is 0 Å². The monoisotopic (exact) mass is 334 g/mol. The quantitative estimate of drug-likeness (QED) is 0.634. The fourth-order valence-electron chi connectivity index (χ4n) is 2.73. The molecule has 122 valence electrons. The van der Waals surface area contributed by atoms with E-state index in [1.165, 1.54) is 16.0 Å². The van der Waals surface area contributed by atoms with E-state index >= 15 is 0 Å². The molecule has 0 amide bonds. The Bertz CT molecular complexity index is 838. The van der Waals surface area contributed by atoms with Gasteiger partial charge in [0.25, 0.3) is 0 Å². The second-order valence-electron chi connectivity index (χ2n) is 6.45. The number of hydrogen-bond acceptors (Lipinski definition) is 3. The lowest BCUT2D eigenvalue weighted by Crippen LogP contribution is -2.18. The summed E-state index contributed by atoms with van der Waals surface area (Å²) in [4.78, 5) is 2.36. The molecule has 0 heterocycles. The van der Waals surface area contributed by atoms with E-state index in [1.54, 1.807) is 11.8 Å². The molecule has 0 radical (unpaired) electrons. The van der Waals surface area contributed by atoms with Crippen LogP contribution in [0.4, 0.5) is 11.4 Å². The van der Waals surface area contributed by atoms with Crippen LogP contribution in [0.5, 0.6) is 0 Å². The van der Waals surface area contributed by atoms with Crippen molar-refractivity contribution in [2.75, 3.05) is 11.5 Å². The average Bonchev–Trinajstić information content (AvgIpc) is 2.55. The van der Waals surface area contributed by atoms with E-state index in [1.807, 2.05) is 30.3 Å². The predicted octanol–water partition coefficient (Wildman–Crippen LogP) is 5.33. The molecule has 0 aliphatic carbocycles. The topological polar surface area (TPSA) is 52.0 Å². The first kappa shape index (κ1) is 16.5. The van der Waals surface area contributed by atoms with Crippen molar-refractivity contribution in [2.24, 2.45) is 0 Å². The van der Waals surface area contributed by atoms with E-state index in [0.29, 0.717) is 0 Å². The molecule has 4 N–H and O–H groups in total. The highest BCUT2D eigenvalue weighted by atomic mass is 32.2. The Kier molecular flexibility index (Phi) is 4.54. The van der Waals surface area contributed by atoms with Crippen LogP contribution in [0.15, 0.2) is 82.6 Å². The smallest absolute Gasteiger partial charge is 0.0325 e. The molecule has 0 bridgehead atoms. The Morgan fingerprint density at radius 3 is 1.96 bits per heavy atom. The highest BCUT2D eigenvalue weighted by Gasteiger charge is 2.23. The lowest BCUT2D eigenvalue weighted by molar-refractivity contribution is 0.639. The van der Waals surface area contributed by atoms with Gasteiger partial charge in [-0.2, -0.15) is 0 Å². The molecule has 3 heteroatoms. The summed E-state index contributed by atoms with van der Waals surface area (Å²) in [5, 5.41) is 0. The van der Waals surface area contributed by atoms with Gasteiger partial charge in [-0.05, 0) is 53.6 Å². The van der Waals surface area contributed by atoms with E-state index in [2.05, 4.69) is 56.3 Å². The zero-order chi connectivity index (χ0) is 17.2. The molecule has 0 atom stereocenters. The Labute approximate surface area is 147 Å². The lowest BCUT2D eigenvalue weighted by Gasteiger charge is -2.26. The van der Waals surface area contributed by atoms with Crippen molar-refractivity contribution >= 4 is 23.1 Å². The zero-order valence-corrected chi connectivity index (χ0v) is 14.8. The van der Waals surface area contributed by atoms with Crippen LogP contribution in [0.1, 0.15) is 25.0 Å². The van der Waals surface area contributed by atoms with Crippen molar-refractivity contribution in [2.45, 2.75) is 29.1 Å². The average molecular weight is 334 g/mol. The first-order valence-electron chi connectivity index (χ1n) is 7.95. The van der Waals surface area contributed by atoms with Gasteiger partial charge < -0.3 is 11.5 Å². The van der Waals surface area contributed by atoms with Gasteiger partial charge in [0.2, 0.25) is 0 Å². The van der Waals surface area contributed by atoms with Gasteiger partial charge in [0, 0.05) is 26.6 Å². The summed E-state index contributed by atoms with van der Waals surface area (Å²) in [7, 11) is 0. The van der Waals surface area contributed by atoms with Crippen LogP contribution in [0, 0.1) is 0 Å². The molecule has 3 aromatic rings. The number of rotatable bonds is 4. The molecule has 0 aliphatic heterocycles. The molecule has 0 spiro atoms. The molecule has 0 saturated heterocycles. The second-order valence-corrected chi connectivity index (χ2v) is 7.60. The van der Waals surface area contributed by atoms with E-state index in [9.17, 15) is 0 Å². The molecule has 3 aromatic carbocycles. The minimum Gasteiger partial charge on any atom is -0.399 e. The Balaban J connectivity index is 1.90. The third kappa shape index (κ3) is 3.57. The minimum absolute atomic E-state index is 0.0833. The summed E-state index contributed by atoms with van der Waals surface area (Å²) in [5.74, 6) is 0.